The fourth-order valence-corrected chi connectivity index (χ4v) is 3.84. The van der Waals surface area contributed by atoms with Gasteiger partial charge in [-0.1, -0.05) is 6.92 Å². The third kappa shape index (κ3) is 5.88. The smallest absolute Gasteiger partial charge is 0.254 e. The molecule has 7 heteroatoms. The summed E-state index contributed by atoms with van der Waals surface area (Å²) in [5.41, 5.74) is 0.595. The van der Waals surface area contributed by atoms with E-state index < -0.39 is 0 Å². The molecule has 2 rings (SSSR count). The van der Waals surface area contributed by atoms with Crippen molar-refractivity contribution in [1.29, 1.82) is 0 Å². The number of carbonyl (C=O) groups excluding carboxylic acids is 1. The summed E-state index contributed by atoms with van der Waals surface area (Å²) in [4.78, 5) is 17.1. The van der Waals surface area contributed by atoms with Crippen molar-refractivity contribution in [2.75, 3.05) is 40.5 Å². The summed E-state index contributed by atoms with van der Waals surface area (Å²) in [6.45, 7) is 8.93. The van der Waals surface area contributed by atoms with E-state index in [4.69, 9.17) is 22.2 Å². The topological polar surface area (TPSA) is 51.2 Å². The Bertz CT molecular complexity index is 631. The maximum absolute atomic E-state index is 13.4. The number of hydrogen-bond acceptors (Lipinski definition) is 5. The molecule has 154 valence electrons. The van der Waals surface area contributed by atoms with Crippen molar-refractivity contribution in [3.63, 3.8) is 0 Å². The number of nitrogens with zero attached hydrogens (tertiary/aromatic N) is 2. The van der Waals surface area contributed by atoms with Crippen LogP contribution in [-0.2, 0) is 4.74 Å². The number of benzene rings is 1. The lowest BCUT2D eigenvalue weighted by atomic mass is 9.91. The molecule has 1 heterocycles. The Morgan fingerprint density at radius 1 is 1.25 bits per heavy atom. The first kappa shape index (κ1) is 22.6. The average Bonchev–Trinajstić information content (AvgIpc) is 2.64. The molecule has 1 fully saturated rings. The van der Waals surface area contributed by atoms with Crippen molar-refractivity contribution >= 4 is 13.9 Å². The molecule has 2 radical (unpaired) electrons. The van der Waals surface area contributed by atoms with Gasteiger partial charge in [-0.15, -0.1) is 0 Å². The van der Waals surface area contributed by atoms with Crippen LogP contribution >= 0.6 is 0 Å². The second kappa shape index (κ2) is 10.7. The molecule has 0 aromatic heterocycles. The highest BCUT2D eigenvalue weighted by molar-refractivity contribution is 6.04. The van der Waals surface area contributed by atoms with Gasteiger partial charge in [0.15, 0.2) is 19.5 Å². The molecule has 2 unspecified atom stereocenters. The zero-order chi connectivity index (χ0) is 20.7. The molecular weight excluding hydrogens is 355 g/mol. The van der Waals surface area contributed by atoms with Crippen molar-refractivity contribution in [2.24, 2.45) is 5.92 Å². The first-order chi connectivity index (χ1) is 13.4. The number of amides is 1. The summed E-state index contributed by atoms with van der Waals surface area (Å²) in [5.74, 6) is 1.63. The van der Waals surface area contributed by atoms with E-state index in [-0.39, 0.29) is 18.0 Å². The van der Waals surface area contributed by atoms with E-state index in [1.54, 1.807) is 32.4 Å². The zero-order valence-electron chi connectivity index (χ0n) is 17.8. The Morgan fingerprint density at radius 3 is 2.61 bits per heavy atom. The molecule has 6 nitrogen and oxygen atoms in total. The number of rotatable bonds is 9. The van der Waals surface area contributed by atoms with Crippen molar-refractivity contribution < 1.29 is 19.0 Å². The lowest BCUT2D eigenvalue weighted by Crippen LogP contribution is -2.54. The molecule has 1 aliphatic rings. The van der Waals surface area contributed by atoms with Gasteiger partial charge in [0, 0.05) is 44.3 Å². The molecule has 1 aromatic rings. The zero-order valence-corrected chi connectivity index (χ0v) is 17.8. The number of carbonyl (C=O) groups is 1. The summed E-state index contributed by atoms with van der Waals surface area (Å²) >= 11 is 0. The molecule has 28 heavy (non-hydrogen) atoms. The summed E-state index contributed by atoms with van der Waals surface area (Å²) in [6.07, 6.45) is 1.72. The van der Waals surface area contributed by atoms with Gasteiger partial charge in [0.1, 0.15) is 0 Å². The van der Waals surface area contributed by atoms with Crippen LogP contribution in [0.3, 0.4) is 0 Å². The molecule has 0 N–H and O–H groups in total. The molecule has 0 saturated carbocycles. The molecule has 0 aliphatic carbocycles. The van der Waals surface area contributed by atoms with Crippen molar-refractivity contribution in [3.8, 4) is 11.5 Å². The van der Waals surface area contributed by atoms with Crippen LogP contribution in [0.25, 0.3) is 0 Å². The molecule has 1 amide bonds. The van der Waals surface area contributed by atoms with Crippen LogP contribution in [-0.4, -0.2) is 76.2 Å². The van der Waals surface area contributed by atoms with Gasteiger partial charge in [0.25, 0.3) is 5.91 Å². The van der Waals surface area contributed by atoms with Crippen molar-refractivity contribution in [2.45, 2.75) is 45.7 Å². The van der Waals surface area contributed by atoms with E-state index >= 15 is 0 Å². The minimum Gasteiger partial charge on any atom is -0.493 e. The Kier molecular flexibility index (Phi) is 8.64. The second-order valence-corrected chi connectivity index (χ2v) is 7.82. The Morgan fingerprint density at radius 2 is 2.00 bits per heavy atom. The highest BCUT2D eigenvalue weighted by Gasteiger charge is 2.32. The second-order valence-electron chi connectivity index (χ2n) is 7.82. The first-order valence-corrected chi connectivity index (χ1v) is 9.99. The quantitative estimate of drug-likeness (QED) is 0.481. The van der Waals surface area contributed by atoms with E-state index in [0.29, 0.717) is 42.7 Å². The van der Waals surface area contributed by atoms with Crippen LogP contribution in [0.4, 0.5) is 0 Å². The van der Waals surface area contributed by atoms with Gasteiger partial charge in [-0.2, -0.15) is 0 Å². The van der Waals surface area contributed by atoms with E-state index in [1.165, 1.54) is 0 Å². The summed E-state index contributed by atoms with van der Waals surface area (Å²) in [7, 11) is 9.34. The molecule has 0 bridgehead atoms. The predicted molar refractivity (Wildman–Crippen MR) is 111 cm³/mol. The molecule has 1 saturated heterocycles. The van der Waals surface area contributed by atoms with Crippen LogP contribution in [0.1, 0.15) is 44.0 Å². The average molecular weight is 388 g/mol. The lowest BCUT2D eigenvalue weighted by molar-refractivity contribution is 0.0479. The molecular formula is C21H33BN2O4. The maximum atomic E-state index is 13.4. The van der Waals surface area contributed by atoms with Crippen molar-refractivity contribution in [1.82, 2.24) is 9.71 Å². The maximum Gasteiger partial charge on any atom is 0.254 e. The minimum absolute atomic E-state index is 0.00751. The first-order valence-electron chi connectivity index (χ1n) is 9.99. The largest absolute Gasteiger partial charge is 0.493 e. The number of methoxy groups -OCH3 is 2. The van der Waals surface area contributed by atoms with E-state index in [0.717, 1.165) is 19.4 Å². The van der Waals surface area contributed by atoms with Gasteiger partial charge >= 0.3 is 0 Å². The minimum atomic E-state index is -0.00751. The third-order valence-electron chi connectivity index (χ3n) is 5.01. The highest BCUT2D eigenvalue weighted by Crippen LogP contribution is 2.30. The lowest BCUT2D eigenvalue weighted by Gasteiger charge is -2.43. The van der Waals surface area contributed by atoms with Crippen LogP contribution < -0.4 is 9.47 Å². The van der Waals surface area contributed by atoms with Gasteiger partial charge in [0.2, 0.25) is 0 Å². The molecule has 0 spiro atoms. The summed E-state index contributed by atoms with van der Waals surface area (Å²) < 4.78 is 16.3. The van der Waals surface area contributed by atoms with E-state index in [9.17, 15) is 4.79 Å². The number of ether oxygens (including phenoxy) is 3. The fourth-order valence-electron chi connectivity index (χ4n) is 3.84. The third-order valence-corrected chi connectivity index (χ3v) is 5.01. The standard InChI is InChI=1S/C21H33BN2O4/c1-15(2)24(18-11-16(3)13-23(22)14-18)21(25)17-7-8-19(27-5)20(12-17)28-10-6-9-26-4/h7-8,12,15-16,18H,6,9-11,13-14H2,1-5H3. The summed E-state index contributed by atoms with van der Waals surface area (Å²) in [5, 5.41) is 0. The van der Waals surface area contributed by atoms with Crippen LogP contribution in [0.15, 0.2) is 18.2 Å². The van der Waals surface area contributed by atoms with E-state index in [1.807, 2.05) is 23.6 Å². The Labute approximate surface area is 170 Å². The van der Waals surface area contributed by atoms with Gasteiger partial charge in [-0.05, 0) is 50.9 Å². The number of hydrogen-bond donors (Lipinski definition) is 0. The molecule has 1 aromatic carbocycles. The van der Waals surface area contributed by atoms with Crippen LogP contribution in [0.2, 0.25) is 0 Å². The fraction of sp³-hybridized carbons (Fsp3) is 0.667. The van der Waals surface area contributed by atoms with Crippen LogP contribution in [0.5, 0.6) is 11.5 Å². The van der Waals surface area contributed by atoms with Crippen molar-refractivity contribution in [3.05, 3.63) is 23.8 Å². The summed E-state index contributed by atoms with van der Waals surface area (Å²) in [6, 6.07) is 5.52. The monoisotopic (exact) mass is 388 g/mol. The van der Waals surface area contributed by atoms with Crippen LogP contribution in [0, 0.1) is 5.92 Å². The molecule has 2 atom stereocenters. The van der Waals surface area contributed by atoms with Gasteiger partial charge in [0.05, 0.1) is 13.7 Å². The Balaban J connectivity index is 2.21. The van der Waals surface area contributed by atoms with Gasteiger partial charge in [-0.25, -0.2) is 0 Å². The highest BCUT2D eigenvalue weighted by atomic mass is 16.5. The SMILES string of the molecule is [B]N1CC(C)CC(N(C(=O)c2ccc(OC)c(OCCCOC)c2)C(C)C)C1. The normalized spacial score (nSPS) is 20.2. The van der Waals surface area contributed by atoms with E-state index in [2.05, 4.69) is 6.92 Å². The molecule has 1 aliphatic heterocycles. The predicted octanol–water partition coefficient (Wildman–Crippen LogP) is 2.76. The number of piperidine rings is 1. The Hall–Kier alpha value is -1.73. The van der Waals surface area contributed by atoms with Gasteiger partial charge in [-0.3, -0.25) is 4.79 Å². The van der Waals surface area contributed by atoms with Gasteiger partial charge < -0.3 is 23.9 Å².